The molecule has 0 saturated carbocycles. The summed E-state index contributed by atoms with van der Waals surface area (Å²) >= 11 is 0. The predicted molar refractivity (Wildman–Crippen MR) is 127 cm³/mol. The monoisotopic (exact) mass is 498 g/mol. The molecule has 0 radical (unpaired) electrons. The van der Waals surface area contributed by atoms with Crippen molar-refractivity contribution >= 4 is 39.2 Å². The number of hydrogen-bond acceptors (Lipinski definition) is 8. The van der Waals surface area contributed by atoms with Gasteiger partial charge in [0.2, 0.25) is 0 Å². The van der Waals surface area contributed by atoms with Gasteiger partial charge in [0.1, 0.15) is 5.75 Å². The van der Waals surface area contributed by atoms with Crippen LogP contribution < -0.4 is 14.8 Å². The van der Waals surface area contributed by atoms with Gasteiger partial charge in [-0.3, -0.25) is 9.52 Å². The fourth-order valence-corrected chi connectivity index (χ4v) is 4.02. The first-order chi connectivity index (χ1) is 16.7. The highest BCUT2D eigenvalue weighted by Gasteiger charge is 2.18. The van der Waals surface area contributed by atoms with Crippen LogP contribution in [0.1, 0.15) is 20.7 Å². The molecule has 35 heavy (non-hydrogen) atoms. The van der Waals surface area contributed by atoms with Crippen LogP contribution in [0.4, 0.5) is 11.4 Å². The van der Waals surface area contributed by atoms with Crippen molar-refractivity contribution in [3.8, 4) is 5.75 Å². The molecular formula is C24H22N2O8S. The van der Waals surface area contributed by atoms with Crippen LogP contribution in [0.2, 0.25) is 0 Å². The molecule has 0 aliphatic rings. The smallest absolute Gasteiger partial charge is 0.338 e. The summed E-state index contributed by atoms with van der Waals surface area (Å²) in [7, 11) is -1.26. The quantitative estimate of drug-likeness (QED) is 0.430. The van der Waals surface area contributed by atoms with Gasteiger partial charge in [0, 0.05) is 11.4 Å². The Kier molecular flexibility index (Phi) is 8.05. The molecule has 3 rings (SSSR count). The largest absolute Gasteiger partial charge is 0.497 e. The Bertz CT molecular complexity index is 1340. The Morgan fingerprint density at radius 2 is 1.46 bits per heavy atom. The number of nitrogens with one attached hydrogen (secondary N) is 2. The van der Waals surface area contributed by atoms with Gasteiger partial charge in [0.15, 0.2) is 6.61 Å². The van der Waals surface area contributed by atoms with Crippen molar-refractivity contribution in [3.63, 3.8) is 0 Å². The Balaban J connectivity index is 1.62. The second-order valence-electron chi connectivity index (χ2n) is 7.06. The van der Waals surface area contributed by atoms with Gasteiger partial charge in [-0.25, -0.2) is 18.0 Å². The first-order valence-corrected chi connectivity index (χ1v) is 11.6. The standard InChI is InChI=1S/C24H22N2O8S/c1-32-20-11-9-18(10-12-20)26-35(30,31)21-8-4-6-17(14-21)24(29)34-15-22(27)25-19-7-3-5-16(13-19)23(28)33-2/h3-14,26H,15H2,1-2H3,(H,25,27). The number of hydrogen-bond donors (Lipinski definition) is 2. The molecule has 1 amide bonds. The van der Waals surface area contributed by atoms with E-state index in [-0.39, 0.29) is 16.0 Å². The highest BCUT2D eigenvalue weighted by atomic mass is 32.2. The van der Waals surface area contributed by atoms with Crippen molar-refractivity contribution in [2.24, 2.45) is 0 Å². The van der Waals surface area contributed by atoms with Gasteiger partial charge in [0.25, 0.3) is 15.9 Å². The predicted octanol–water partition coefficient (Wildman–Crippen LogP) is 3.08. The van der Waals surface area contributed by atoms with Gasteiger partial charge >= 0.3 is 11.9 Å². The van der Waals surface area contributed by atoms with E-state index in [0.29, 0.717) is 17.1 Å². The molecule has 0 aromatic heterocycles. The first-order valence-electron chi connectivity index (χ1n) is 10.1. The van der Waals surface area contributed by atoms with E-state index in [4.69, 9.17) is 9.47 Å². The fourth-order valence-electron chi connectivity index (χ4n) is 2.92. The summed E-state index contributed by atoms with van der Waals surface area (Å²) in [6.07, 6.45) is 0. The summed E-state index contributed by atoms with van der Waals surface area (Å²) in [5.74, 6) is -1.53. The molecule has 0 spiro atoms. The molecule has 182 valence electrons. The average Bonchev–Trinajstić information content (AvgIpc) is 2.87. The van der Waals surface area contributed by atoms with Crippen LogP contribution in [0.3, 0.4) is 0 Å². The number of methoxy groups -OCH3 is 2. The molecule has 0 saturated heterocycles. The third-order valence-electron chi connectivity index (χ3n) is 4.62. The molecule has 11 heteroatoms. The maximum atomic E-state index is 12.7. The van der Waals surface area contributed by atoms with Crippen LogP contribution >= 0.6 is 0 Å². The maximum Gasteiger partial charge on any atom is 0.338 e. The molecule has 0 fully saturated rings. The zero-order valence-electron chi connectivity index (χ0n) is 18.8. The van der Waals surface area contributed by atoms with E-state index in [1.807, 2.05) is 0 Å². The number of ether oxygens (including phenoxy) is 3. The molecule has 3 aromatic carbocycles. The summed E-state index contributed by atoms with van der Waals surface area (Å²) in [5, 5.41) is 2.50. The SMILES string of the molecule is COC(=O)c1cccc(NC(=O)COC(=O)c2cccc(S(=O)(=O)Nc3ccc(OC)cc3)c2)c1. The minimum Gasteiger partial charge on any atom is -0.497 e. The summed E-state index contributed by atoms with van der Waals surface area (Å²) in [5.41, 5.74) is 0.810. The first kappa shape index (κ1) is 25.2. The summed E-state index contributed by atoms with van der Waals surface area (Å²) in [6, 6.07) is 17.5. The molecule has 0 aliphatic carbocycles. The van der Waals surface area contributed by atoms with E-state index in [2.05, 4.69) is 14.8 Å². The van der Waals surface area contributed by atoms with E-state index in [9.17, 15) is 22.8 Å². The second-order valence-corrected chi connectivity index (χ2v) is 8.74. The van der Waals surface area contributed by atoms with Crippen molar-refractivity contribution < 1.29 is 37.0 Å². The zero-order chi connectivity index (χ0) is 25.4. The third kappa shape index (κ3) is 6.81. The Morgan fingerprint density at radius 1 is 0.800 bits per heavy atom. The van der Waals surface area contributed by atoms with E-state index in [0.717, 1.165) is 6.07 Å². The number of sulfonamides is 1. The van der Waals surface area contributed by atoms with Crippen LogP contribution in [-0.4, -0.2) is 47.1 Å². The maximum absolute atomic E-state index is 12.7. The lowest BCUT2D eigenvalue weighted by atomic mass is 10.2. The lowest BCUT2D eigenvalue weighted by Crippen LogP contribution is -2.21. The number of esters is 2. The molecule has 0 heterocycles. The molecule has 3 aromatic rings. The minimum atomic E-state index is -3.99. The topological polar surface area (TPSA) is 137 Å². The van der Waals surface area contributed by atoms with Gasteiger partial charge in [-0.2, -0.15) is 0 Å². The molecule has 0 bridgehead atoms. The molecular weight excluding hydrogens is 476 g/mol. The number of benzene rings is 3. The van der Waals surface area contributed by atoms with Crippen molar-refractivity contribution in [1.82, 2.24) is 0 Å². The van der Waals surface area contributed by atoms with Gasteiger partial charge in [-0.05, 0) is 60.7 Å². The van der Waals surface area contributed by atoms with E-state index in [1.165, 1.54) is 56.7 Å². The third-order valence-corrected chi connectivity index (χ3v) is 6.00. The number of anilines is 2. The molecule has 0 unspecified atom stereocenters. The van der Waals surface area contributed by atoms with E-state index < -0.39 is 34.5 Å². The number of carbonyl (C=O) groups excluding carboxylic acids is 3. The summed E-state index contributed by atoms with van der Waals surface area (Å²) < 4.78 is 42.5. The van der Waals surface area contributed by atoms with Crippen LogP contribution in [0, 0.1) is 0 Å². The Labute approximate surface area is 201 Å². The van der Waals surface area contributed by atoms with E-state index in [1.54, 1.807) is 24.3 Å². The van der Waals surface area contributed by atoms with Crippen LogP contribution in [-0.2, 0) is 24.3 Å². The second kappa shape index (κ2) is 11.2. The Morgan fingerprint density at radius 3 is 2.11 bits per heavy atom. The fraction of sp³-hybridized carbons (Fsp3) is 0.125. The minimum absolute atomic E-state index is 0.0527. The van der Waals surface area contributed by atoms with Crippen molar-refractivity contribution in [1.29, 1.82) is 0 Å². The summed E-state index contributed by atoms with van der Waals surface area (Å²) in [4.78, 5) is 36.0. The highest BCUT2D eigenvalue weighted by Crippen LogP contribution is 2.20. The van der Waals surface area contributed by atoms with Crippen LogP contribution in [0.5, 0.6) is 5.75 Å². The highest BCUT2D eigenvalue weighted by molar-refractivity contribution is 7.92. The van der Waals surface area contributed by atoms with Gasteiger partial charge in [-0.1, -0.05) is 12.1 Å². The lowest BCUT2D eigenvalue weighted by Gasteiger charge is -2.10. The molecule has 0 aliphatic heterocycles. The number of rotatable bonds is 9. The van der Waals surface area contributed by atoms with Gasteiger partial charge < -0.3 is 19.5 Å². The lowest BCUT2D eigenvalue weighted by molar-refractivity contribution is -0.119. The normalized spacial score (nSPS) is 10.7. The zero-order valence-corrected chi connectivity index (χ0v) is 19.6. The van der Waals surface area contributed by atoms with Gasteiger partial charge in [0.05, 0.1) is 30.2 Å². The van der Waals surface area contributed by atoms with Gasteiger partial charge in [-0.15, -0.1) is 0 Å². The molecule has 0 atom stereocenters. The summed E-state index contributed by atoms with van der Waals surface area (Å²) in [6.45, 7) is -0.623. The molecule has 10 nitrogen and oxygen atoms in total. The van der Waals surface area contributed by atoms with Crippen LogP contribution in [0.15, 0.2) is 77.7 Å². The molecule has 2 N–H and O–H groups in total. The van der Waals surface area contributed by atoms with Crippen molar-refractivity contribution in [2.75, 3.05) is 30.9 Å². The number of carbonyl (C=O) groups is 3. The average molecular weight is 499 g/mol. The Hall–Kier alpha value is -4.38. The van der Waals surface area contributed by atoms with Crippen molar-refractivity contribution in [3.05, 3.63) is 83.9 Å². The number of amides is 1. The van der Waals surface area contributed by atoms with Crippen molar-refractivity contribution in [2.45, 2.75) is 4.90 Å². The van der Waals surface area contributed by atoms with Crippen LogP contribution in [0.25, 0.3) is 0 Å². The van der Waals surface area contributed by atoms with E-state index >= 15 is 0 Å².